The maximum Gasteiger partial charge on any atom is 0.335 e. The Morgan fingerprint density at radius 3 is 2.48 bits per heavy atom. The first kappa shape index (κ1) is 16.0. The predicted octanol–water partition coefficient (Wildman–Crippen LogP) is 2.51. The summed E-state index contributed by atoms with van der Waals surface area (Å²) in [6.07, 6.45) is 3.08. The third-order valence-corrected chi connectivity index (χ3v) is 5.71. The number of aromatic carboxylic acids is 1. The van der Waals surface area contributed by atoms with Crippen molar-refractivity contribution in [3.8, 4) is 0 Å². The molecule has 1 aromatic rings. The van der Waals surface area contributed by atoms with E-state index in [0.29, 0.717) is 18.5 Å². The van der Waals surface area contributed by atoms with Crippen molar-refractivity contribution in [3.63, 3.8) is 0 Å². The summed E-state index contributed by atoms with van der Waals surface area (Å²) in [5.74, 6) is -1.11. The molecule has 0 radical (unpaired) electrons. The molecule has 0 spiro atoms. The van der Waals surface area contributed by atoms with E-state index in [-0.39, 0.29) is 16.5 Å². The standard InChI is InChI=1S/C15H21NO4S/c1-3-9-16(13-7-8-13)21(19,20)14-10-12(15(17)18)6-5-11(14)4-2/h5-6,10,13H,3-4,7-9H2,1-2H3,(H,17,18). The van der Waals surface area contributed by atoms with Gasteiger partial charge in [0.1, 0.15) is 0 Å². The zero-order valence-corrected chi connectivity index (χ0v) is 13.2. The molecule has 1 aliphatic rings. The van der Waals surface area contributed by atoms with Crippen LogP contribution in [0.2, 0.25) is 0 Å². The number of sulfonamides is 1. The van der Waals surface area contributed by atoms with E-state index in [4.69, 9.17) is 5.11 Å². The van der Waals surface area contributed by atoms with Gasteiger partial charge >= 0.3 is 5.97 Å². The molecule has 0 saturated heterocycles. The Balaban J connectivity index is 2.51. The molecule has 1 N–H and O–H groups in total. The average molecular weight is 311 g/mol. The minimum Gasteiger partial charge on any atom is -0.478 e. The van der Waals surface area contributed by atoms with Crippen LogP contribution in [0.1, 0.15) is 49.0 Å². The lowest BCUT2D eigenvalue weighted by atomic mass is 10.1. The Kier molecular flexibility index (Phi) is 4.68. The summed E-state index contributed by atoms with van der Waals surface area (Å²) in [4.78, 5) is 11.3. The van der Waals surface area contributed by atoms with Gasteiger partial charge in [0.15, 0.2) is 0 Å². The van der Waals surface area contributed by atoms with E-state index in [9.17, 15) is 13.2 Å². The molecule has 1 fully saturated rings. The molecule has 2 rings (SSSR count). The fourth-order valence-electron chi connectivity index (χ4n) is 2.43. The first-order valence-electron chi connectivity index (χ1n) is 7.29. The molecule has 0 aromatic heterocycles. The molecule has 1 aromatic carbocycles. The van der Waals surface area contributed by atoms with Crippen molar-refractivity contribution in [2.75, 3.05) is 6.54 Å². The van der Waals surface area contributed by atoms with Gasteiger partial charge in [-0.15, -0.1) is 0 Å². The van der Waals surface area contributed by atoms with Gasteiger partial charge in [0.05, 0.1) is 10.5 Å². The summed E-state index contributed by atoms with van der Waals surface area (Å²) in [5.41, 5.74) is 0.680. The first-order valence-corrected chi connectivity index (χ1v) is 8.73. The average Bonchev–Trinajstić information content (AvgIpc) is 3.28. The minimum absolute atomic E-state index is 0.0121. The van der Waals surface area contributed by atoms with Gasteiger partial charge in [-0.3, -0.25) is 0 Å². The molecule has 21 heavy (non-hydrogen) atoms. The number of nitrogens with zero attached hydrogens (tertiary/aromatic N) is 1. The van der Waals surface area contributed by atoms with Crippen LogP contribution in [0.5, 0.6) is 0 Å². The smallest absolute Gasteiger partial charge is 0.335 e. The summed E-state index contributed by atoms with van der Waals surface area (Å²) < 4.78 is 27.3. The molecule has 116 valence electrons. The molecule has 1 aliphatic carbocycles. The molecule has 0 unspecified atom stereocenters. The van der Waals surface area contributed by atoms with Gasteiger partial charge in [0, 0.05) is 12.6 Å². The lowest BCUT2D eigenvalue weighted by molar-refractivity contribution is 0.0696. The van der Waals surface area contributed by atoms with E-state index >= 15 is 0 Å². The quantitative estimate of drug-likeness (QED) is 0.839. The van der Waals surface area contributed by atoms with Crippen molar-refractivity contribution in [2.24, 2.45) is 0 Å². The van der Waals surface area contributed by atoms with Crippen LogP contribution in [0, 0.1) is 0 Å². The molecule has 1 saturated carbocycles. The van der Waals surface area contributed by atoms with Crippen LogP contribution in [0.4, 0.5) is 0 Å². The third kappa shape index (κ3) is 3.27. The first-order chi connectivity index (χ1) is 9.91. The maximum absolute atomic E-state index is 12.9. The van der Waals surface area contributed by atoms with Crippen LogP contribution in [-0.2, 0) is 16.4 Å². The Morgan fingerprint density at radius 2 is 2.00 bits per heavy atom. The highest BCUT2D eigenvalue weighted by atomic mass is 32.2. The highest BCUT2D eigenvalue weighted by molar-refractivity contribution is 7.89. The normalized spacial score (nSPS) is 15.4. The number of benzene rings is 1. The SMILES string of the molecule is CCCN(C1CC1)S(=O)(=O)c1cc(C(=O)O)ccc1CC. The largest absolute Gasteiger partial charge is 0.478 e. The second kappa shape index (κ2) is 6.15. The van der Waals surface area contributed by atoms with Crippen LogP contribution in [0.3, 0.4) is 0 Å². The highest BCUT2D eigenvalue weighted by Crippen LogP contribution is 2.33. The molecule has 0 amide bonds. The summed E-state index contributed by atoms with van der Waals surface area (Å²) in [5, 5.41) is 9.09. The van der Waals surface area contributed by atoms with Crippen molar-refractivity contribution < 1.29 is 18.3 Å². The fraction of sp³-hybridized carbons (Fsp3) is 0.533. The molecular formula is C15H21NO4S. The van der Waals surface area contributed by atoms with E-state index < -0.39 is 16.0 Å². The fourth-order valence-corrected chi connectivity index (χ4v) is 4.53. The maximum atomic E-state index is 12.9. The van der Waals surface area contributed by atoms with Gasteiger partial charge < -0.3 is 5.11 Å². The highest BCUT2D eigenvalue weighted by Gasteiger charge is 2.38. The van der Waals surface area contributed by atoms with Crippen molar-refractivity contribution in [3.05, 3.63) is 29.3 Å². The molecule has 0 heterocycles. The third-order valence-electron chi connectivity index (χ3n) is 3.68. The van der Waals surface area contributed by atoms with Crippen LogP contribution >= 0.6 is 0 Å². The van der Waals surface area contributed by atoms with Gasteiger partial charge in [-0.05, 0) is 43.4 Å². The lowest BCUT2D eigenvalue weighted by Crippen LogP contribution is -2.34. The lowest BCUT2D eigenvalue weighted by Gasteiger charge is -2.23. The van der Waals surface area contributed by atoms with Gasteiger partial charge in [0.2, 0.25) is 10.0 Å². The Hall–Kier alpha value is -1.40. The summed E-state index contributed by atoms with van der Waals surface area (Å²) in [6.45, 7) is 4.29. The topological polar surface area (TPSA) is 74.7 Å². The number of carbonyl (C=O) groups is 1. The zero-order valence-electron chi connectivity index (χ0n) is 12.4. The number of carboxylic acid groups (broad SMARTS) is 1. The Morgan fingerprint density at radius 1 is 1.33 bits per heavy atom. The number of aryl methyl sites for hydroxylation is 1. The van der Waals surface area contributed by atoms with Gasteiger partial charge in [-0.2, -0.15) is 4.31 Å². The monoisotopic (exact) mass is 311 g/mol. The summed E-state index contributed by atoms with van der Waals surface area (Å²) >= 11 is 0. The van der Waals surface area contributed by atoms with E-state index in [1.165, 1.54) is 16.4 Å². The molecule has 5 nitrogen and oxygen atoms in total. The van der Waals surface area contributed by atoms with Gasteiger partial charge in [-0.1, -0.05) is 19.9 Å². The molecule has 0 bridgehead atoms. The Labute approximate surface area is 125 Å². The second-order valence-electron chi connectivity index (χ2n) is 5.33. The van der Waals surface area contributed by atoms with E-state index in [2.05, 4.69) is 0 Å². The second-order valence-corrected chi connectivity index (χ2v) is 7.19. The number of carboxylic acids is 1. The van der Waals surface area contributed by atoms with Crippen molar-refractivity contribution in [2.45, 2.75) is 50.5 Å². The van der Waals surface area contributed by atoms with Gasteiger partial charge in [0.25, 0.3) is 0 Å². The number of rotatable bonds is 7. The number of hydrogen-bond donors (Lipinski definition) is 1. The van der Waals surface area contributed by atoms with Crippen LogP contribution in [-0.4, -0.2) is 36.4 Å². The van der Waals surface area contributed by atoms with Crippen LogP contribution in [0.15, 0.2) is 23.1 Å². The number of hydrogen-bond acceptors (Lipinski definition) is 3. The van der Waals surface area contributed by atoms with Crippen LogP contribution < -0.4 is 0 Å². The van der Waals surface area contributed by atoms with Crippen molar-refractivity contribution in [1.29, 1.82) is 0 Å². The van der Waals surface area contributed by atoms with Crippen molar-refractivity contribution >= 4 is 16.0 Å². The summed E-state index contributed by atoms with van der Waals surface area (Å²) in [7, 11) is -3.63. The van der Waals surface area contributed by atoms with Crippen molar-refractivity contribution in [1.82, 2.24) is 4.31 Å². The zero-order chi connectivity index (χ0) is 15.6. The van der Waals surface area contributed by atoms with E-state index in [0.717, 1.165) is 19.3 Å². The molecule has 0 aliphatic heterocycles. The van der Waals surface area contributed by atoms with Crippen LogP contribution in [0.25, 0.3) is 0 Å². The molecule has 0 atom stereocenters. The van der Waals surface area contributed by atoms with Gasteiger partial charge in [-0.25, -0.2) is 13.2 Å². The Bertz CT molecular complexity index is 635. The van der Waals surface area contributed by atoms with E-state index in [1.807, 2.05) is 13.8 Å². The predicted molar refractivity (Wildman–Crippen MR) is 80.0 cm³/mol. The minimum atomic E-state index is -3.63. The molecular weight excluding hydrogens is 290 g/mol. The molecule has 6 heteroatoms. The summed E-state index contributed by atoms with van der Waals surface area (Å²) in [6, 6.07) is 4.43. The van der Waals surface area contributed by atoms with E-state index in [1.54, 1.807) is 6.07 Å².